The smallest absolute Gasteiger partial charge is 0.227 e. The maximum absolute atomic E-state index is 11.7. The van der Waals surface area contributed by atoms with E-state index in [4.69, 9.17) is 0 Å². The summed E-state index contributed by atoms with van der Waals surface area (Å²) in [5.41, 5.74) is 0.616. The van der Waals surface area contributed by atoms with Crippen LogP contribution in [0.2, 0.25) is 0 Å². The number of carbonyl (C=O) groups excluding carboxylic acids is 1. The second kappa shape index (κ2) is 5.03. The van der Waals surface area contributed by atoms with E-state index in [2.05, 4.69) is 20.6 Å². The van der Waals surface area contributed by atoms with Gasteiger partial charge in [0.25, 0.3) is 0 Å². The Balaban J connectivity index is 2.59. The quantitative estimate of drug-likeness (QED) is 0.801. The zero-order chi connectivity index (χ0) is 12.2. The van der Waals surface area contributed by atoms with Gasteiger partial charge in [0.05, 0.1) is 0 Å². The molecule has 5 heteroatoms. The van der Waals surface area contributed by atoms with Crippen LogP contribution in [0.15, 0.2) is 12.4 Å². The van der Waals surface area contributed by atoms with Crippen molar-refractivity contribution in [1.29, 1.82) is 0 Å². The standard InChI is InChI=1S/C11H18N4O/c1-8-5-9(14-7-13-8)15-10(16)6-11(2,3)12-4/h5,7,12H,6H2,1-4H3,(H,13,14,15,16). The molecule has 0 fully saturated rings. The number of nitrogens with zero attached hydrogens (tertiary/aromatic N) is 2. The average Bonchev–Trinajstić information content (AvgIpc) is 2.16. The predicted octanol–water partition coefficient (Wildman–Crippen LogP) is 1.11. The molecule has 1 rings (SSSR count). The van der Waals surface area contributed by atoms with Crippen molar-refractivity contribution >= 4 is 11.7 Å². The highest BCUT2D eigenvalue weighted by Crippen LogP contribution is 2.10. The number of hydrogen-bond acceptors (Lipinski definition) is 4. The van der Waals surface area contributed by atoms with Gasteiger partial charge in [-0.3, -0.25) is 4.79 Å². The van der Waals surface area contributed by atoms with Gasteiger partial charge in [0.2, 0.25) is 5.91 Å². The van der Waals surface area contributed by atoms with E-state index in [1.165, 1.54) is 6.33 Å². The predicted molar refractivity (Wildman–Crippen MR) is 63.2 cm³/mol. The summed E-state index contributed by atoms with van der Waals surface area (Å²) in [5, 5.41) is 5.82. The molecule has 5 nitrogen and oxygen atoms in total. The minimum Gasteiger partial charge on any atom is -0.314 e. The van der Waals surface area contributed by atoms with Crippen molar-refractivity contribution in [2.75, 3.05) is 12.4 Å². The lowest BCUT2D eigenvalue weighted by atomic mass is 10.0. The molecule has 1 heterocycles. The van der Waals surface area contributed by atoms with Crippen LogP contribution in [-0.2, 0) is 4.79 Å². The number of anilines is 1. The number of aromatic nitrogens is 2. The van der Waals surface area contributed by atoms with E-state index in [9.17, 15) is 4.79 Å². The van der Waals surface area contributed by atoms with E-state index in [1.807, 2.05) is 27.8 Å². The lowest BCUT2D eigenvalue weighted by molar-refractivity contribution is -0.117. The van der Waals surface area contributed by atoms with E-state index in [0.717, 1.165) is 5.69 Å². The van der Waals surface area contributed by atoms with E-state index < -0.39 is 0 Å². The number of nitrogens with one attached hydrogen (secondary N) is 2. The molecule has 0 aliphatic rings. The first kappa shape index (κ1) is 12.6. The first-order valence-electron chi connectivity index (χ1n) is 5.20. The maximum atomic E-state index is 11.7. The van der Waals surface area contributed by atoms with Gasteiger partial charge in [-0.2, -0.15) is 0 Å². The average molecular weight is 222 g/mol. The molecule has 0 aliphatic heterocycles. The van der Waals surface area contributed by atoms with Crippen LogP contribution in [0.25, 0.3) is 0 Å². The van der Waals surface area contributed by atoms with Crippen LogP contribution in [0.3, 0.4) is 0 Å². The van der Waals surface area contributed by atoms with Crippen molar-refractivity contribution in [2.45, 2.75) is 32.7 Å². The molecule has 0 aliphatic carbocycles. The highest BCUT2D eigenvalue weighted by Gasteiger charge is 2.19. The second-order valence-corrected chi connectivity index (χ2v) is 4.40. The molecule has 2 N–H and O–H groups in total. The van der Waals surface area contributed by atoms with Gasteiger partial charge in [-0.15, -0.1) is 0 Å². The molecule has 0 radical (unpaired) electrons. The first-order chi connectivity index (χ1) is 7.43. The number of hydrogen-bond donors (Lipinski definition) is 2. The van der Waals surface area contributed by atoms with Gasteiger partial charge >= 0.3 is 0 Å². The summed E-state index contributed by atoms with van der Waals surface area (Å²) >= 11 is 0. The Morgan fingerprint density at radius 2 is 2.12 bits per heavy atom. The van der Waals surface area contributed by atoms with Gasteiger partial charge in [0.15, 0.2) is 0 Å². The fourth-order valence-electron chi connectivity index (χ4n) is 1.20. The fourth-order valence-corrected chi connectivity index (χ4v) is 1.20. The summed E-state index contributed by atoms with van der Waals surface area (Å²) in [6.45, 7) is 5.80. The summed E-state index contributed by atoms with van der Waals surface area (Å²) in [4.78, 5) is 19.6. The summed E-state index contributed by atoms with van der Waals surface area (Å²) in [6.07, 6.45) is 1.83. The van der Waals surface area contributed by atoms with Crippen molar-refractivity contribution in [1.82, 2.24) is 15.3 Å². The van der Waals surface area contributed by atoms with Gasteiger partial charge in [-0.1, -0.05) is 0 Å². The third kappa shape index (κ3) is 3.94. The largest absolute Gasteiger partial charge is 0.314 e. The van der Waals surface area contributed by atoms with Gasteiger partial charge in [-0.05, 0) is 27.8 Å². The van der Waals surface area contributed by atoms with Crippen LogP contribution in [0.1, 0.15) is 26.0 Å². The molecule has 0 spiro atoms. The first-order valence-corrected chi connectivity index (χ1v) is 5.20. The van der Waals surface area contributed by atoms with Crippen molar-refractivity contribution < 1.29 is 4.79 Å². The number of aryl methyl sites for hydroxylation is 1. The number of amides is 1. The van der Waals surface area contributed by atoms with Crippen LogP contribution in [-0.4, -0.2) is 28.5 Å². The van der Waals surface area contributed by atoms with Gasteiger partial charge in [0, 0.05) is 23.7 Å². The van der Waals surface area contributed by atoms with Crippen molar-refractivity contribution in [3.63, 3.8) is 0 Å². The molecule has 0 aromatic carbocycles. The Hall–Kier alpha value is -1.49. The SMILES string of the molecule is CNC(C)(C)CC(=O)Nc1cc(C)ncn1. The summed E-state index contributed by atoms with van der Waals surface area (Å²) < 4.78 is 0. The van der Waals surface area contributed by atoms with E-state index in [0.29, 0.717) is 12.2 Å². The molecule has 0 saturated heterocycles. The molecule has 16 heavy (non-hydrogen) atoms. The number of rotatable bonds is 4. The normalized spacial score (nSPS) is 11.2. The van der Waals surface area contributed by atoms with Gasteiger partial charge < -0.3 is 10.6 Å². The Bertz CT molecular complexity index is 376. The van der Waals surface area contributed by atoms with Gasteiger partial charge in [0.1, 0.15) is 12.1 Å². The Labute approximate surface area is 95.7 Å². The fraction of sp³-hybridized carbons (Fsp3) is 0.545. The van der Waals surface area contributed by atoms with Crippen LogP contribution < -0.4 is 10.6 Å². The molecule has 1 aromatic heterocycles. The molecular weight excluding hydrogens is 204 g/mol. The topological polar surface area (TPSA) is 66.9 Å². The van der Waals surface area contributed by atoms with E-state index in [-0.39, 0.29) is 11.4 Å². The van der Waals surface area contributed by atoms with E-state index >= 15 is 0 Å². The Morgan fingerprint density at radius 1 is 1.44 bits per heavy atom. The lowest BCUT2D eigenvalue weighted by Gasteiger charge is -2.22. The zero-order valence-corrected chi connectivity index (χ0v) is 10.2. The third-order valence-electron chi connectivity index (χ3n) is 2.35. The van der Waals surface area contributed by atoms with Crippen LogP contribution >= 0.6 is 0 Å². The third-order valence-corrected chi connectivity index (χ3v) is 2.35. The van der Waals surface area contributed by atoms with Crippen molar-refractivity contribution in [3.8, 4) is 0 Å². The second-order valence-electron chi connectivity index (χ2n) is 4.40. The van der Waals surface area contributed by atoms with Crippen LogP contribution in [0, 0.1) is 6.92 Å². The zero-order valence-electron chi connectivity index (χ0n) is 10.2. The lowest BCUT2D eigenvalue weighted by Crippen LogP contribution is -2.39. The molecule has 1 aromatic rings. The summed E-state index contributed by atoms with van der Waals surface area (Å²) in [7, 11) is 1.84. The molecule has 0 atom stereocenters. The van der Waals surface area contributed by atoms with Crippen LogP contribution in [0.5, 0.6) is 0 Å². The van der Waals surface area contributed by atoms with Crippen LogP contribution in [0.4, 0.5) is 5.82 Å². The molecule has 0 unspecified atom stereocenters. The van der Waals surface area contributed by atoms with Crippen molar-refractivity contribution in [2.24, 2.45) is 0 Å². The molecule has 0 saturated carbocycles. The minimum atomic E-state index is -0.216. The highest BCUT2D eigenvalue weighted by atomic mass is 16.1. The highest BCUT2D eigenvalue weighted by molar-refractivity contribution is 5.90. The van der Waals surface area contributed by atoms with E-state index in [1.54, 1.807) is 6.07 Å². The maximum Gasteiger partial charge on any atom is 0.227 e. The monoisotopic (exact) mass is 222 g/mol. The number of carbonyl (C=O) groups is 1. The molecular formula is C11H18N4O. The van der Waals surface area contributed by atoms with Crippen molar-refractivity contribution in [3.05, 3.63) is 18.1 Å². The Morgan fingerprint density at radius 3 is 2.69 bits per heavy atom. The molecule has 1 amide bonds. The molecule has 0 bridgehead atoms. The molecule has 88 valence electrons. The summed E-state index contributed by atoms with van der Waals surface area (Å²) in [6, 6.07) is 1.74. The Kier molecular flexibility index (Phi) is 3.95. The summed E-state index contributed by atoms with van der Waals surface area (Å²) in [5.74, 6) is 0.488. The van der Waals surface area contributed by atoms with Gasteiger partial charge in [-0.25, -0.2) is 9.97 Å². The minimum absolute atomic E-state index is 0.0579.